The highest BCUT2D eigenvalue weighted by atomic mass is 16.3. The van der Waals surface area contributed by atoms with Crippen molar-refractivity contribution in [1.82, 2.24) is 15.1 Å². The number of carbonyl (C=O) groups excluding carboxylic acids is 1. The Morgan fingerprint density at radius 2 is 2.04 bits per heavy atom. The van der Waals surface area contributed by atoms with E-state index in [0.29, 0.717) is 23.9 Å². The van der Waals surface area contributed by atoms with Gasteiger partial charge in [0.1, 0.15) is 0 Å². The number of benzene rings is 1. The fourth-order valence-electron chi connectivity index (χ4n) is 4.71. The van der Waals surface area contributed by atoms with Crippen LogP contribution >= 0.6 is 0 Å². The van der Waals surface area contributed by atoms with Crippen molar-refractivity contribution in [3.63, 3.8) is 0 Å². The lowest BCUT2D eigenvalue weighted by atomic mass is 9.85. The number of aromatic nitrogens is 2. The van der Waals surface area contributed by atoms with E-state index in [1.807, 2.05) is 29.8 Å². The third kappa shape index (κ3) is 2.97. The van der Waals surface area contributed by atoms with Crippen LogP contribution in [0.5, 0.6) is 0 Å². The second kappa shape index (κ2) is 6.64. The lowest BCUT2D eigenvalue weighted by molar-refractivity contribution is 0.0861. The summed E-state index contributed by atoms with van der Waals surface area (Å²) in [6, 6.07) is 10.2. The zero-order chi connectivity index (χ0) is 17.4. The second-order valence-corrected chi connectivity index (χ2v) is 7.47. The number of rotatable bonds is 5. The van der Waals surface area contributed by atoms with E-state index < -0.39 is 0 Å². The molecule has 2 aromatic rings. The number of hydrogen-bond donors (Lipinski definition) is 2. The number of nitrogens with zero attached hydrogens (tertiary/aromatic N) is 2. The molecule has 5 heteroatoms. The van der Waals surface area contributed by atoms with Gasteiger partial charge in [0.25, 0.3) is 5.91 Å². The minimum atomic E-state index is -0.0622. The van der Waals surface area contributed by atoms with Crippen molar-refractivity contribution in [3.8, 4) is 0 Å². The number of aliphatic hydroxyl groups excluding tert-OH is 1. The summed E-state index contributed by atoms with van der Waals surface area (Å²) < 4.78 is 1.87. The molecule has 0 spiro atoms. The van der Waals surface area contributed by atoms with Crippen LogP contribution in [0.2, 0.25) is 0 Å². The molecule has 2 aliphatic carbocycles. The molecule has 1 amide bonds. The largest absolute Gasteiger partial charge is 0.396 e. The van der Waals surface area contributed by atoms with Gasteiger partial charge in [0.05, 0.1) is 18.3 Å². The molecule has 5 nitrogen and oxygen atoms in total. The summed E-state index contributed by atoms with van der Waals surface area (Å²) in [4.78, 5) is 12.8. The van der Waals surface area contributed by atoms with Crippen molar-refractivity contribution in [2.45, 2.75) is 38.8 Å². The third-order valence-corrected chi connectivity index (χ3v) is 6.12. The van der Waals surface area contributed by atoms with E-state index in [1.54, 1.807) is 6.20 Å². The van der Waals surface area contributed by atoms with Crippen LogP contribution < -0.4 is 5.32 Å². The molecule has 4 atom stereocenters. The number of hydrogen-bond acceptors (Lipinski definition) is 3. The maximum Gasteiger partial charge on any atom is 0.254 e. The van der Waals surface area contributed by atoms with Crippen molar-refractivity contribution in [2.75, 3.05) is 6.61 Å². The summed E-state index contributed by atoms with van der Waals surface area (Å²) in [5.74, 6) is 1.24. The van der Waals surface area contributed by atoms with E-state index in [4.69, 9.17) is 0 Å². The number of carbonyl (C=O) groups is 1. The molecule has 2 fully saturated rings. The highest BCUT2D eigenvalue weighted by molar-refractivity contribution is 5.95. The zero-order valence-corrected chi connectivity index (χ0v) is 14.6. The molecule has 1 aromatic heterocycles. The van der Waals surface area contributed by atoms with Crippen LogP contribution in [0.15, 0.2) is 36.5 Å². The molecule has 0 aliphatic heterocycles. The highest BCUT2D eigenvalue weighted by Crippen LogP contribution is 2.48. The molecule has 0 saturated heterocycles. The Balaban J connectivity index is 1.48. The molecule has 0 radical (unpaired) electrons. The van der Waals surface area contributed by atoms with Crippen LogP contribution in [-0.2, 0) is 6.54 Å². The summed E-state index contributed by atoms with van der Waals surface area (Å²) in [7, 11) is 0. The predicted molar refractivity (Wildman–Crippen MR) is 95.2 cm³/mol. The van der Waals surface area contributed by atoms with Gasteiger partial charge in [-0.3, -0.25) is 9.48 Å². The van der Waals surface area contributed by atoms with Gasteiger partial charge in [-0.05, 0) is 43.6 Å². The quantitative estimate of drug-likeness (QED) is 0.879. The van der Waals surface area contributed by atoms with E-state index in [9.17, 15) is 9.90 Å². The van der Waals surface area contributed by atoms with Gasteiger partial charge in [0.15, 0.2) is 0 Å². The fraction of sp³-hybridized carbons (Fsp3) is 0.500. The number of aliphatic hydroxyl groups is 1. The lowest BCUT2D eigenvalue weighted by Crippen LogP contribution is -2.45. The smallest absolute Gasteiger partial charge is 0.254 e. The molecule has 1 aromatic carbocycles. The van der Waals surface area contributed by atoms with Gasteiger partial charge in [0, 0.05) is 24.3 Å². The van der Waals surface area contributed by atoms with E-state index in [2.05, 4.69) is 22.5 Å². The summed E-state index contributed by atoms with van der Waals surface area (Å²) >= 11 is 0. The summed E-state index contributed by atoms with van der Waals surface area (Å²) in [5, 5.41) is 17.3. The monoisotopic (exact) mass is 339 g/mol. The average molecular weight is 339 g/mol. The number of fused-ring (bicyclic) bond motifs is 2. The van der Waals surface area contributed by atoms with Crippen LogP contribution in [0.25, 0.3) is 0 Å². The Morgan fingerprint density at radius 1 is 1.28 bits per heavy atom. The van der Waals surface area contributed by atoms with Crippen molar-refractivity contribution in [1.29, 1.82) is 0 Å². The molecule has 4 unspecified atom stereocenters. The molecule has 2 saturated carbocycles. The van der Waals surface area contributed by atoms with Gasteiger partial charge < -0.3 is 10.4 Å². The number of amides is 1. The predicted octanol–water partition coefficient (Wildman–Crippen LogP) is 2.38. The van der Waals surface area contributed by atoms with Crippen molar-refractivity contribution >= 4 is 5.91 Å². The van der Waals surface area contributed by atoms with Crippen LogP contribution in [0.1, 0.15) is 40.9 Å². The zero-order valence-electron chi connectivity index (χ0n) is 14.6. The molecule has 4 rings (SSSR count). The van der Waals surface area contributed by atoms with Gasteiger partial charge in [-0.25, -0.2) is 0 Å². The normalized spacial score (nSPS) is 27.6. The van der Waals surface area contributed by atoms with E-state index in [0.717, 1.165) is 17.7 Å². The van der Waals surface area contributed by atoms with Crippen LogP contribution in [0.4, 0.5) is 0 Å². The Bertz CT molecular complexity index is 756. The Morgan fingerprint density at radius 3 is 2.80 bits per heavy atom. The minimum absolute atomic E-state index is 0.0622. The van der Waals surface area contributed by atoms with Crippen molar-refractivity contribution in [3.05, 3.63) is 53.3 Å². The topological polar surface area (TPSA) is 67.2 Å². The molecular formula is C20H25N3O2. The van der Waals surface area contributed by atoms with Gasteiger partial charge in [-0.2, -0.15) is 5.10 Å². The standard InChI is InChI=1S/C20H25N3O2/c1-13-17(10-21-23(13)11-14-5-3-2-4-6-14)20(25)22-19-16-8-7-15(9-16)18(19)12-24/h2-6,10,15-16,18-19,24H,7-9,11-12H2,1H3,(H,22,25). The highest BCUT2D eigenvalue weighted by Gasteiger charge is 2.47. The summed E-state index contributed by atoms with van der Waals surface area (Å²) in [6.45, 7) is 2.76. The molecule has 132 valence electrons. The first kappa shape index (κ1) is 16.3. The fourth-order valence-corrected chi connectivity index (χ4v) is 4.71. The maximum atomic E-state index is 12.8. The first-order chi connectivity index (χ1) is 12.2. The second-order valence-electron chi connectivity index (χ2n) is 7.47. The molecule has 25 heavy (non-hydrogen) atoms. The third-order valence-electron chi connectivity index (χ3n) is 6.12. The average Bonchev–Trinajstić information content (AvgIpc) is 3.32. The first-order valence-corrected chi connectivity index (χ1v) is 9.15. The summed E-state index contributed by atoms with van der Waals surface area (Å²) in [6.07, 6.45) is 5.16. The van der Waals surface area contributed by atoms with Gasteiger partial charge in [-0.1, -0.05) is 30.3 Å². The number of nitrogens with one attached hydrogen (secondary N) is 1. The van der Waals surface area contributed by atoms with Crippen LogP contribution in [0, 0.1) is 24.7 Å². The molecular weight excluding hydrogens is 314 g/mol. The van der Waals surface area contributed by atoms with E-state index in [-0.39, 0.29) is 24.5 Å². The SMILES string of the molecule is Cc1c(C(=O)NC2C3CCC(C3)C2CO)cnn1Cc1ccccc1. The molecule has 2 bridgehead atoms. The Hall–Kier alpha value is -2.14. The Labute approximate surface area is 148 Å². The van der Waals surface area contributed by atoms with Crippen molar-refractivity contribution in [2.24, 2.45) is 17.8 Å². The van der Waals surface area contributed by atoms with Gasteiger partial charge in [0.2, 0.25) is 0 Å². The molecule has 1 heterocycles. The molecule has 2 aliphatic rings. The summed E-state index contributed by atoms with van der Waals surface area (Å²) in [5.41, 5.74) is 2.68. The first-order valence-electron chi connectivity index (χ1n) is 9.15. The van der Waals surface area contributed by atoms with E-state index in [1.165, 1.54) is 12.8 Å². The van der Waals surface area contributed by atoms with Gasteiger partial charge >= 0.3 is 0 Å². The van der Waals surface area contributed by atoms with Crippen molar-refractivity contribution < 1.29 is 9.90 Å². The maximum absolute atomic E-state index is 12.8. The lowest BCUT2D eigenvalue weighted by Gasteiger charge is -2.30. The van der Waals surface area contributed by atoms with E-state index >= 15 is 0 Å². The minimum Gasteiger partial charge on any atom is -0.396 e. The molecule has 2 N–H and O–H groups in total. The van der Waals surface area contributed by atoms with Crippen LogP contribution in [-0.4, -0.2) is 33.4 Å². The van der Waals surface area contributed by atoms with Gasteiger partial charge in [-0.15, -0.1) is 0 Å². The van der Waals surface area contributed by atoms with Crippen LogP contribution in [0.3, 0.4) is 0 Å². The Kier molecular flexibility index (Phi) is 4.34.